The normalized spacial score (nSPS) is 10.1. The largest absolute Gasteiger partial charge is 0.497 e. The van der Waals surface area contributed by atoms with Crippen LogP contribution in [0.1, 0.15) is 0 Å². The van der Waals surface area contributed by atoms with Crippen molar-refractivity contribution in [3.8, 4) is 5.75 Å². The zero-order chi connectivity index (χ0) is 13.0. The summed E-state index contributed by atoms with van der Waals surface area (Å²) in [6.45, 7) is 0. The molecule has 0 N–H and O–H groups in total. The average Bonchev–Trinajstić information content (AvgIpc) is 2.40. The third-order valence-electron chi connectivity index (χ3n) is 2.34. The Bertz CT molecular complexity index is 537. The maximum Gasteiger partial charge on any atom is 0.269 e. The molecule has 18 heavy (non-hydrogen) atoms. The second-order valence-electron chi connectivity index (χ2n) is 3.53. The van der Waals surface area contributed by atoms with Gasteiger partial charge in [-0.2, -0.15) is 0 Å². The Kier molecular flexibility index (Phi) is 3.84. The van der Waals surface area contributed by atoms with Crippen molar-refractivity contribution < 1.29 is 9.66 Å². The van der Waals surface area contributed by atoms with Gasteiger partial charge in [-0.3, -0.25) is 10.1 Å². The van der Waals surface area contributed by atoms with Crippen molar-refractivity contribution in [1.82, 2.24) is 0 Å². The molecule has 0 atom stereocenters. The van der Waals surface area contributed by atoms with E-state index < -0.39 is 4.92 Å². The van der Waals surface area contributed by atoms with Crippen LogP contribution < -0.4 is 4.74 Å². The van der Waals surface area contributed by atoms with Gasteiger partial charge in [0.05, 0.1) is 12.0 Å². The van der Waals surface area contributed by atoms with Crippen LogP contribution in [-0.4, -0.2) is 12.0 Å². The van der Waals surface area contributed by atoms with Crippen LogP contribution in [0.4, 0.5) is 5.69 Å². The Hall–Kier alpha value is -2.01. The summed E-state index contributed by atoms with van der Waals surface area (Å²) >= 11 is 1.55. The van der Waals surface area contributed by atoms with Crippen LogP contribution in [0.3, 0.4) is 0 Å². The van der Waals surface area contributed by atoms with E-state index in [4.69, 9.17) is 4.74 Å². The number of hydrogen-bond acceptors (Lipinski definition) is 4. The molecule has 0 unspecified atom stereocenters. The molecule has 0 aliphatic rings. The van der Waals surface area contributed by atoms with Crippen molar-refractivity contribution in [3.05, 3.63) is 58.6 Å². The zero-order valence-electron chi connectivity index (χ0n) is 9.70. The molecule has 0 saturated carbocycles. The molecule has 0 aromatic heterocycles. The van der Waals surface area contributed by atoms with Gasteiger partial charge in [0.1, 0.15) is 5.75 Å². The van der Waals surface area contributed by atoms with Crippen molar-refractivity contribution in [2.75, 3.05) is 7.11 Å². The molecule has 0 radical (unpaired) electrons. The Labute approximate surface area is 109 Å². The molecule has 2 aromatic carbocycles. The van der Waals surface area contributed by atoms with E-state index in [-0.39, 0.29) is 5.69 Å². The van der Waals surface area contributed by atoms with Crippen molar-refractivity contribution >= 4 is 17.4 Å². The van der Waals surface area contributed by atoms with Gasteiger partial charge in [0.15, 0.2) is 0 Å². The van der Waals surface area contributed by atoms with Crippen molar-refractivity contribution in [2.45, 2.75) is 9.79 Å². The minimum Gasteiger partial charge on any atom is -0.497 e. The Morgan fingerprint density at radius 1 is 1.00 bits per heavy atom. The summed E-state index contributed by atoms with van der Waals surface area (Å²) in [5, 5.41) is 10.5. The predicted octanol–water partition coefficient (Wildman–Crippen LogP) is 3.75. The Morgan fingerprint density at radius 3 is 1.94 bits per heavy atom. The van der Waals surface area contributed by atoms with Crippen LogP contribution in [0.5, 0.6) is 5.75 Å². The number of nitro groups is 1. The summed E-state index contributed by atoms with van der Waals surface area (Å²) in [5.74, 6) is 0.808. The summed E-state index contributed by atoms with van der Waals surface area (Å²) in [7, 11) is 1.62. The number of rotatable bonds is 4. The third kappa shape index (κ3) is 3.01. The van der Waals surface area contributed by atoms with E-state index in [1.165, 1.54) is 12.1 Å². The molecule has 0 amide bonds. The highest BCUT2D eigenvalue weighted by Gasteiger charge is 2.04. The molecule has 0 aliphatic heterocycles. The number of non-ortho nitro benzene ring substituents is 1. The van der Waals surface area contributed by atoms with Crippen LogP contribution in [0, 0.1) is 10.1 Å². The summed E-state index contributed by atoms with van der Waals surface area (Å²) in [6, 6.07) is 14.2. The molecular weight excluding hydrogens is 250 g/mol. The van der Waals surface area contributed by atoms with E-state index in [1.807, 2.05) is 24.3 Å². The van der Waals surface area contributed by atoms with Gasteiger partial charge in [-0.1, -0.05) is 11.8 Å². The van der Waals surface area contributed by atoms with Crippen LogP contribution in [-0.2, 0) is 0 Å². The topological polar surface area (TPSA) is 52.4 Å². The quantitative estimate of drug-likeness (QED) is 0.621. The number of benzene rings is 2. The molecule has 5 heteroatoms. The lowest BCUT2D eigenvalue weighted by Crippen LogP contribution is -1.86. The fourth-order valence-electron chi connectivity index (χ4n) is 1.42. The summed E-state index contributed by atoms with van der Waals surface area (Å²) < 4.78 is 5.08. The maximum atomic E-state index is 10.5. The molecular formula is C13H11NO3S. The minimum atomic E-state index is -0.401. The van der Waals surface area contributed by atoms with Gasteiger partial charge < -0.3 is 4.74 Å². The van der Waals surface area contributed by atoms with E-state index in [2.05, 4.69) is 0 Å². The molecule has 2 rings (SSSR count). The highest BCUT2D eigenvalue weighted by Crippen LogP contribution is 2.29. The average molecular weight is 261 g/mol. The van der Waals surface area contributed by atoms with Gasteiger partial charge in [0, 0.05) is 21.9 Å². The van der Waals surface area contributed by atoms with Crippen molar-refractivity contribution in [3.63, 3.8) is 0 Å². The Morgan fingerprint density at radius 2 is 1.50 bits per heavy atom. The second-order valence-corrected chi connectivity index (χ2v) is 4.68. The van der Waals surface area contributed by atoms with Crippen molar-refractivity contribution in [2.24, 2.45) is 0 Å². The molecule has 0 bridgehead atoms. The number of nitro benzene ring substituents is 1. The third-order valence-corrected chi connectivity index (χ3v) is 3.36. The van der Waals surface area contributed by atoms with E-state index in [9.17, 15) is 10.1 Å². The van der Waals surface area contributed by atoms with E-state index in [0.29, 0.717) is 0 Å². The first-order valence-electron chi connectivity index (χ1n) is 5.25. The number of ether oxygens (including phenoxy) is 1. The number of hydrogen-bond donors (Lipinski definition) is 0. The lowest BCUT2D eigenvalue weighted by molar-refractivity contribution is -0.384. The highest BCUT2D eigenvalue weighted by atomic mass is 32.2. The van der Waals surface area contributed by atoms with Gasteiger partial charge in [0.25, 0.3) is 5.69 Å². The molecule has 0 heterocycles. The summed E-state index contributed by atoms with van der Waals surface area (Å²) in [5.41, 5.74) is 0.106. The predicted molar refractivity (Wildman–Crippen MR) is 70.2 cm³/mol. The van der Waals surface area contributed by atoms with E-state index >= 15 is 0 Å². The van der Waals surface area contributed by atoms with Crippen LogP contribution in [0.2, 0.25) is 0 Å². The summed E-state index contributed by atoms with van der Waals surface area (Å²) in [6.07, 6.45) is 0. The molecule has 2 aromatic rings. The first-order valence-corrected chi connectivity index (χ1v) is 6.07. The highest BCUT2D eigenvalue weighted by molar-refractivity contribution is 7.99. The van der Waals surface area contributed by atoms with Crippen molar-refractivity contribution in [1.29, 1.82) is 0 Å². The standard InChI is InChI=1S/C13H11NO3S/c1-17-11-4-8-13(9-5-11)18-12-6-2-10(3-7-12)14(15)16/h2-9H,1H3. The van der Waals surface area contributed by atoms with Crippen LogP contribution in [0.15, 0.2) is 58.3 Å². The first-order chi connectivity index (χ1) is 8.69. The fourth-order valence-corrected chi connectivity index (χ4v) is 2.23. The second kappa shape index (κ2) is 5.55. The van der Waals surface area contributed by atoms with Gasteiger partial charge in [-0.05, 0) is 36.4 Å². The molecule has 0 fully saturated rings. The van der Waals surface area contributed by atoms with Crippen LogP contribution >= 0.6 is 11.8 Å². The van der Waals surface area contributed by atoms with Gasteiger partial charge in [0.2, 0.25) is 0 Å². The monoisotopic (exact) mass is 261 g/mol. The van der Waals surface area contributed by atoms with E-state index in [0.717, 1.165) is 15.5 Å². The lowest BCUT2D eigenvalue weighted by Gasteiger charge is -2.03. The van der Waals surface area contributed by atoms with Crippen LogP contribution in [0.25, 0.3) is 0 Å². The molecule has 4 nitrogen and oxygen atoms in total. The maximum absolute atomic E-state index is 10.5. The molecule has 0 saturated heterocycles. The molecule has 92 valence electrons. The molecule has 0 spiro atoms. The lowest BCUT2D eigenvalue weighted by atomic mass is 10.3. The van der Waals surface area contributed by atoms with E-state index in [1.54, 1.807) is 31.0 Å². The number of nitrogens with zero attached hydrogens (tertiary/aromatic N) is 1. The Balaban J connectivity index is 2.10. The fraction of sp³-hybridized carbons (Fsp3) is 0.0769. The first kappa shape index (κ1) is 12.4. The summed E-state index contributed by atoms with van der Waals surface area (Å²) in [4.78, 5) is 12.1. The van der Waals surface area contributed by atoms with Gasteiger partial charge in [-0.15, -0.1) is 0 Å². The SMILES string of the molecule is COc1ccc(Sc2ccc([N+](=O)[O-])cc2)cc1. The van der Waals surface area contributed by atoms with Gasteiger partial charge >= 0.3 is 0 Å². The zero-order valence-corrected chi connectivity index (χ0v) is 10.5. The minimum absolute atomic E-state index is 0.106. The van der Waals surface area contributed by atoms with Gasteiger partial charge in [-0.25, -0.2) is 0 Å². The molecule has 0 aliphatic carbocycles. The smallest absolute Gasteiger partial charge is 0.269 e. The number of methoxy groups -OCH3 is 1.